The Kier molecular flexibility index (Phi) is 11.5. The largest absolute Gasteiger partial charge is 0.344 e. The maximum absolute atomic E-state index is 14.5. The van der Waals surface area contributed by atoms with E-state index in [2.05, 4.69) is 41.0 Å². The first-order valence-corrected chi connectivity index (χ1v) is 19.9. The Balaban J connectivity index is 1.55. The fourth-order valence-electron chi connectivity index (χ4n) is 7.86. The van der Waals surface area contributed by atoms with Crippen molar-refractivity contribution in [3.8, 4) is 12.3 Å². The van der Waals surface area contributed by atoms with Gasteiger partial charge in [-0.1, -0.05) is 72.6 Å². The highest BCUT2D eigenvalue weighted by Crippen LogP contribution is 2.65. The molecule has 0 aromatic heterocycles. The Morgan fingerprint density at radius 1 is 0.960 bits per heavy atom. The number of hydrogen-bond acceptors (Lipinski definition) is 7. The zero-order valence-corrected chi connectivity index (χ0v) is 32.1. The lowest BCUT2D eigenvalue weighted by Gasteiger charge is -2.41. The molecule has 1 saturated heterocycles. The number of Topliss-reactive ketones (excluding diaryl/α,β-unsaturated/α-hetero) is 1. The van der Waals surface area contributed by atoms with Crippen LogP contribution in [0.5, 0.6) is 0 Å². The second kappa shape index (κ2) is 14.5. The maximum atomic E-state index is 14.5. The van der Waals surface area contributed by atoms with E-state index in [0.717, 1.165) is 32.1 Å². The van der Waals surface area contributed by atoms with E-state index in [1.54, 1.807) is 20.8 Å². The van der Waals surface area contributed by atoms with Crippen molar-refractivity contribution in [1.82, 2.24) is 26.2 Å². The fourth-order valence-corrected chi connectivity index (χ4v) is 9.38. The van der Waals surface area contributed by atoms with Gasteiger partial charge in [0.25, 0.3) is 5.91 Å². The summed E-state index contributed by atoms with van der Waals surface area (Å²) in [5.74, 6) is -0.136. The lowest BCUT2D eigenvalue weighted by atomic mass is 9.83. The van der Waals surface area contributed by atoms with Gasteiger partial charge in [-0.05, 0) is 75.0 Å². The van der Waals surface area contributed by atoms with Gasteiger partial charge < -0.3 is 26.2 Å². The van der Waals surface area contributed by atoms with Crippen molar-refractivity contribution in [3.05, 3.63) is 0 Å². The van der Waals surface area contributed by atoms with Gasteiger partial charge in [0, 0.05) is 6.54 Å². The van der Waals surface area contributed by atoms with Gasteiger partial charge in [0.05, 0.1) is 28.6 Å². The van der Waals surface area contributed by atoms with E-state index in [0.29, 0.717) is 38.1 Å². The topological polar surface area (TPSA) is 171 Å². The smallest absolute Gasteiger partial charge is 0.315 e. The number of terminal acetylenes is 1. The first-order valence-electron chi connectivity index (χ1n) is 18.2. The summed E-state index contributed by atoms with van der Waals surface area (Å²) in [4.78, 5) is 69.7. The summed E-state index contributed by atoms with van der Waals surface area (Å²) in [6, 6.07) is -3.63. The lowest BCUT2D eigenvalue weighted by molar-refractivity contribution is -0.145. The predicted octanol–water partition coefficient (Wildman–Crippen LogP) is 3.09. The van der Waals surface area contributed by atoms with E-state index in [1.807, 2.05) is 20.8 Å². The van der Waals surface area contributed by atoms with Gasteiger partial charge in [-0.25, -0.2) is 13.2 Å². The summed E-state index contributed by atoms with van der Waals surface area (Å²) in [7, 11) is -3.57. The third kappa shape index (κ3) is 8.83. The van der Waals surface area contributed by atoms with Crippen molar-refractivity contribution in [2.45, 2.75) is 142 Å². The SMILES string of the molecule is C#CCNC(=O)C(=O)[C@H](CCC1CC1)NC(=O)[C@@H]1[C@@H]2[C@H](CN1C(=O)[C@@H](NC(=O)NC1(CS(=O)(=O)C(C)(C)C)CCCCC1)C(C)(C)C)C2(C)C. The quantitative estimate of drug-likeness (QED) is 0.168. The highest BCUT2D eigenvalue weighted by molar-refractivity contribution is 7.92. The number of ketones is 1. The van der Waals surface area contributed by atoms with Crippen molar-refractivity contribution >= 4 is 39.4 Å². The first kappa shape index (κ1) is 39.6. The van der Waals surface area contributed by atoms with Crippen LogP contribution in [0.2, 0.25) is 0 Å². The van der Waals surface area contributed by atoms with E-state index in [1.165, 1.54) is 4.90 Å². The molecule has 3 saturated carbocycles. The zero-order chi connectivity index (χ0) is 37.4. The highest BCUT2D eigenvalue weighted by Gasteiger charge is 2.70. The number of likely N-dealkylation sites (tertiary alicyclic amines) is 1. The summed E-state index contributed by atoms with van der Waals surface area (Å²) in [6.07, 6.45) is 11.9. The van der Waals surface area contributed by atoms with Crippen LogP contribution in [0.4, 0.5) is 4.79 Å². The number of nitrogens with zero attached hydrogens (tertiary/aromatic N) is 1. The minimum atomic E-state index is -3.57. The molecule has 5 atom stereocenters. The molecular weight excluding hydrogens is 659 g/mol. The molecule has 1 heterocycles. The average molecular weight is 718 g/mol. The summed E-state index contributed by atoms with van der Waals surface area (Å²) in [6.45, 7) is 14.7. The van der Waals surface area contributed by atoms with Crippen LogP contribution >= 0.6 is 0 Å². The van der Waals surface area contributed by atoms with Crippen molar-refractivity contribution in [2.24, 2.45) is 28.6 Å². The molecule has 0 radical (unpaired) electrons. The number of hydrogen-bond donors (Lipinski definition) is 4. The molecule has 5 amide bonds. The molecule has 4 N–H and O–H groups in total. The van der Waals surface area contributed by atoms with Crippen LogP contribution in [0, 0.1) is 40.9 Å². The molecule has 0 unspecified atom stereocenters. The number of piperidine rings is 1. The second-order valence-electron chi connectivity index (χ2n) is 17.8. The Morgan fingerprint density at radius 3 is 2.12 bits per heavy atom. The van der Waals surface area contributed by atoms with Gasteiger partial charge in [-0.2, -0.15) is 0 Å². The van der Waals surface area contributed by atoms with E-state index >= 15 is 0 Å². The normalized spacial score (nSPS) is 25.3. The number of carbonyl (C=O) groups excluding carboxylic acids is 5. The van der Waals surface area contributed by atoms with Crippen molar-refractivity contribution < 1.29 is 32.4 Å². The standard InChI is InChI=1S/C37H59N5O7S/c1-10-20-38-31(45)28(43)25(17-16-23-14-15-23)39-30(44)27-26-24(36(26,8)9)21-42(27)32(46)29(34(2,3)4)40-33(47)41-37(18-12-11-13-19-37)22-50(48,49)35(5,6)7/h1,23-27,29H,11-22H2,2-9H3,(H,38,45)(H,39,44)(H2,40,41,47)/t24-,25-,26-,27-,29+/m0/s1. The summed E-state index contributed by atoms with van der Waals surface area (Å²) >= 11 is 0. The minimum absolute atomic E-state index is 0.0456. The summed E-state index contributed by atoms with van der Waals surface area (Å²) in [5, 5.41) is 11.1. The predicted molar refractivity (Wildman–Crippen MR) is 191 cm³/mol. The lowest BCUT2D eigenvalue weighted by Crippen LogP contribution is -2.64. The monoisotopic (exact) mass is 717 g/mol. The molecule has 3 aliphatic carbocycles. The number of rotatable bonds is 13. The van der Waals surface area contributed by atoms with Crippen molar-refractivity contribution in [1.29, 1.82) is 0 Å². The Labute approximate surface area is 298 Å². The third-order valence-electron chi connectivity index (χ3n) is 11.5. The minimum Gasteiger partial charge on any atom is -0.344 e. The number of amides is 5. The molecule has 0 spiro atoms. The molecule has 50 heavy (non-hydrogen) atoms. The Bertz CT molecular complexity index is 1490. The number of sulfone groups is 1. The van der Waals surface area contributed by atoms with Crippen molar-refractivity contribution in [2.75, 3.05) is 18.8 Å². The van der Waals surface area contributed by atoms with Gasteiger partial charge in [-0.3, -0.25) is 19.2 Å². The molecule has 4 fully saturated rings. The van der Waals surface area contributed by atoms with Crippen LogP contribution < -0.4 is 21.3 Å². The fraction of sp³-hybridized carbons (Fsp3) is 0.811. The molecule has 4 aliphatic rings. The van der Waals surface area contributed by atoms with Crippen LogP contribution in [0.3, 0.4) is 0 Å². The molecule has 13 heteroatoms. The number of fused-ring (bicyclic) bond motifs is 1. The van der Waals surface area contributed by atoms with E-state index in [-0.39, 0.29) is 29.5 Å². The number of nitrogens with one attached hydrogen (secondary N) is 4. The van der Waals surface area contributed by atoms with Gasteiger partial charge in [0.15, 0.2) is 9.84 Å². The van der Waals surface area contributed by atoms with Gasteiger partial charge in [0.2, 0.25) is 17.6 Å². The Hall–Kier alpha value is -3.14. The van der Waals surface area contributed by atoms with Crippen LogP contribution in [0.15, 0.2) is 0 Å². The zero-order valence-electron chi connectivity index (χ0n) is 31.2. The molecule has 0 aromatic rings. The van der Waals surface area contributed by atoms with Crippen LogP contribution in [-0.2, 0) is 29.0 Å². The summed E-state index contributed by atoms with van der Waals surface area (Å²) < 4.78 is 25.6. The van der Waals surface area contributed by atoms with E-state index < -0.39 is 73.2 Å². The molecule has 280 valence electrons. The summed E-state index contributed by atoms with van der Waals surface area (Å²) in [5.41, 5.74) is -1.95. The first-order chi connectivity index (χ1) is 23.0. The molecule has 0 bridgehead atoms. The van der Waals surface area contributed by atoms with Crippen LogP contribution in [0.25, 0.3) is 0 Å². The molecule has 0 aromatic carbocycles. The van der Waals surface area contributed by atoms with E-state index in [4.69, 9.17) is 6.42 Å². The molecule has 12 nitrogen and oxygen atoms in total. The average Bonchev–Trinajstić information content (AvgIpc) is 3.87. The number of urea groups is 1. The molecule has 4 rings (SSSR count). The van der Waals surface area contributed by atoms with Gasteiger partial charge in [0.1, 0.15) is 12.1 Å². The van der Waals surface area contributed by atoms with Crippen LogP contribution in [-0.4, -0.2) is 90.1 Å². The maximum Gasteiger partial charge on any atom is 0.315 e. The molecular formula is C37H59N5O7S. The van der Waals surface area contributed by atoms with Gasteiger partial charge >= 0.3 is 6.03 Å². The third-order valence-corrected chi connectivity index (χ3v) is 14.3. The Morgan fingerprint density at radius 2 is 1.58 bits per heavy atom. The van der Waals surface area contributed by atoms with Crippen LogP contribution in [0.1, 0.15) is 113 Å². The van der Waals surface area contributed by atoms with Gasteiger partial charge in [-0.15, -0.1) is 6.42 Å². The number of carbonyl (C=O) groups is 5. The van der Waals surface area contributed by atoms with Crippen molar-refractivity contribution in [3.63, 3.8) is 0 Å². The second-order valence-corrected chi connectivity index (χ2v) is 20.6. The molecule has 1 aliphatic heterocycles. The van der Waals surface area contributed by atoms with E-state index in [9.17, 15) is 32.4 Å². The highest BCUT2D eigenvalue weighted by atomic mass is 32.2.